The van der Waals surface area contributed by atoms with Crippen LogP contribution in [0.5, 0.6) is 0 Å². The average molecular weight is 334 g/mol. The zero-order valence-corrected chi connectivity index (χ0v) is 12.7. The summed E-state index contributed by atoms with van der Waals surface area (Å²) in [6, 6.07) is 0. The molecule has 21 heavy (non-hydrogen) atoms. The molecule has 0 fully saturated rings. The van der Waals surface area contributed by atoms with Crippen molar-refractivity contribution in [3.05, 3.63) is 0 Å². The van der Waals surface area contributed by atoms with E-state index in [0.29, 0.717) is 12.8 Å². The summed E-state index contributed by atoms with van der Waals surface area (Å²) in [4.78, 5) is 10.5. The molecule has 1 unspecified atom stereocenters. The molecule has 0 aliphatic heterocycles. The highest BCUT2D eigenvalue weighted by Crippen LogP contribution is 2.20. The SMILES string of the molecule is CC(C)C(CCNS(=O)(=O)NCC(F)(F)F)CCC(=O)O. The van der Waals surface area contributed by atoms with E-state index in [-0.39, 0.29) is 24.8 Å². The predicted octanol–water partition coefficient (Wildman–Crippen LogP) is 1.50. The third kappa shape index (κ3) is 11.5. The van der Waals surface area contributed by atoms with Gasteiger partial charge in [0.25, 0.3) is 10.2 Å². The van der Waals surface area contributed by atoms with E-state index >= 15 is 0 Å². The Labute approximate surface area is 122 Å². The summed E-state index contributed by atoms with van der Waals surface area (Å²) < 4.78 is 61.7. The van der Waals surface area contributed by atoms with Crippen LogP contribution in [0.1, 0.15) is 33.1 Å². The van der Waals surface area contributed by atoms with Crippen molar-refractivity contribution in [1.29, 1.82) is 0 Å². The lowest BCUT2D eigenvalue weighted by molar-refractivity contribution is -0.137. The molecule has 0 saturated carbocycles. The molecule has 10 heteroatoms. The maximum atomic E-state index is 11.9. The fraction of sp³-hybridized carbons (Fsp3) is 0.909. The predicted molar refractivity (Wildman–Crippen MR) is 70.8 cm³/mol. The van der Waals surface area contributed by atoms with Gasteiger partial charge in [0.2, 0.25) is 0 Å². The first-order valence-electron chi connectivity index (χ1n) is 6.46. The number of nitrogens with one attached hydrogen (secondary N) is 2. The third-order valence-electron chi connectivity index (χ3n) is 2.94. The van der Waals surface area contributed by atoms with Crippen molar-refractivity contribution in [2.75, 3.05) is 13.1 Å². The molecular formula is C11H21F3N2O4S. The van der Waals surface area contributed by atoms with E-state index in [1.165, 1.54) is 4.72 Å². The summed E-state index contributed by atoms with van der Waals surface area (Å²) in [5.41, 5.74) is 0. The molecule has 0 rings (SSSR count). The molecule has 0 amide bonds. The first-order chi connectivity index (χ1) is 9.43. The van der Waals surface area contributed by atoms with Crippen LogP contribution < -0.4 is 9.44 Å². The van der Waals surface area contributed by atoms with Crippen molar-refractivity contribution >= 4 is 16.2 Å². The van der Waals surface area contributed by atoms with Crippen LogP contribution in [0.4, 0.5) is 13.2 Å². The van der Waals surface area contributed by atoms with Crippen LogP contribution in [0.25, 0.3) is 0 Å². The minimum absolute atomic E-state index is 0.0218. The minimum Gasteiger partial charge on any atom is -0.481 e. The molecule has 3 N–H and O–H groups in total. The second-order valence-corrected chi connectivity index (χ2v) is 6.64. The number of carboxylic acids is 1. The molecule has 0 aromatic carbocycles. The molecule has 0 aliphatic rings. The monoisotopic (exact) mass is 334 g/mol. The van der Waals surface area contributed by atoms with Crippen LogP contribution in [-0.2, 0) is 15.0 Å². The van der Waals surface area contributed by atoms with Crippen LogP contribution in [0.3, 0.4) is 0 Å². The van der Waals surface area contributed by atoms with Gasteiger partial charge in [0.15, 0.2) is 0 Å². The third-order valence-corrected chi connectivity index (χ3v) is 4.05. The molecule has 0 spiro atoms. The molecule has 0 heterocycles. The van der Waals surface area contributed by atoms with Gasteiger partial charge in [0.1, 0.15) is 6.54 Å². The van der Waals surface area contributed by atoms with Crippen molar-refractivity contribution < 1.29 is 31.5 Å². The number of aliphatic carboxylic acids is 1. The minimum atomic E-state index is -4.61. The topological polar surface area (TPSA) is 95.5 Å². The van der Waals surface area contributed by atoms with Gasteiger partial charge < -0.3 is 5.11 Å². The Hall–Kier alpha value is -0.870. The van der Waals surface area contributed by atoms with E-state index in [1.807, 2.05) is 18.6 Å². The van der Waals surface area contributed by atoms with Gasteiger partial charge in [-0.2, -0.15) is 26.3 Å². The van der Waals surface area contributed by atoms with E-state index in [2.05, 4.69) is 0 Å². The van der Waals surface area contributed by atoms with E-state index in [4.69, 9.17) is 5.11 Å². The van der Waals surface area contributed by atoms with Crippen LogP contribution in [-0.4, -0.2) is 38.8 Å². The van der Waals surface area contributed by atoms with Gasteiger partial charge in [-0.1, -0.05) is 13.8 Å². The highest BCUT2D eigenvalue weighted by Gasteiger charge is 2.29. The Morgan fingerprint density at radius 1 is 1.19 bits per heavy atom. The van der Waals surface area contributed by atoms with Crippen LogP contribution in [0, 0.1) is 11.8 Å². The second kappa shape index (κ2) is 8.54. The van der Waals surface area contributed by atoms with Gasteiger partial charge in [-0.05, 0) is 24.7 Å². The molecule has 0 saturated heterocycles. The number of halogens is 3. The molecule has 0 bridgehead atoms. The molecular weight excluding hydrogens is 313 g/mol. The van der Waals surface area contributed by atoms with Crippen molar-refractivity contribution in [2.24, 2.45) is 11.8 Å². The zero-order chi connectivity index (χ0) is 16.7. The van der Waals surface area contributed by atoms with Crippen molar-refractivity contribution in [3.63, 3.8) is 0 Å². The van der Waals surface area contributed by atoms with Crippen molar-refractivity contribution in [1.82, 2.24) is 9.44 Å². The van der Waals surface area contributed by atoms with E-state index in [9.17, 15) is 26.4 Å². The van der Waals surface area contributed by atoms with Crippen LogP contribution in [0.2, 0.25) is 0 Å². The van der Waals surface area contributed by atoms with E-state index in [0.717, 1.165) is 0 Å². The molecule has 1 atom stereocenters. The van der Waals surface area contributed by atoms with Gasteiger partial charge in [0.05, 0.1) is 0 Å². The van der Waals surface area contributed by atoms with E-state index < -0.39 is 28.9 Å². The fourth-order valence-corrected chi connectivity index (χ4v) is 2.57. The van der Waals surface area contributed by atoms with Crippen molar-refractivity contribution in [2.45, 2.75) is 39.3 Å². The van der Waals surface area contributed by atoms with E-state index in [1.54, 1.807) is 0 Å². The lowest BCUT2D eigenvalue weighted by Gasteiger charge is -2.20. The number of carboxylic acid groups (broad SMARTS) is 1. The summed E-state index contributed by atoms with van der Waals surface area (Å²) >= 11 is 0. The number of rotatable bonds is 10. The highest BCUT2D eigenvalue weighted by molar-refractivity contribution is 7.87. The number of hydrogen-bond acceptors (Lipinski definition) is 3. The largest absolute Gasteiger partial charge is 0.481 e. The second-order valence-electron chi connectivity index (χ2n) is 5.06. The summed E-state index contributed by atoms with van der Waals surface area (Å²) in [7, 11) is -4.20. The summed E-state index contributed by atoms with van der Waals surface area (Å²) in [6.45, 7) is 2.08. The van der Waals surface area contributed by atoms with Gasteiger partial charge in [-0.3, -0.25) is 4.79 Å². The fourth-order valence-electron chi connectivity index (χ4n) is 1.73. The quantitative estimate of drug-likeness (QED) is 0.564. The van der Waals surface area contributed by atoms with Gasteiger partial charge in [-0.25, -0.2) is 4.72 Å². The number of alkyl halides is 3. The smallest absolute Gasteiger partial charge is 0.402 e. The van der Waals surface area contributed by atoms with Gasteiger partial charge in [0, 0.05) is 13.0 Å². The standard InChI is InChI=1S/C11H21F3N2O4S/c1-8(2)9(3-4-10(17)18)5-6-15-21(19,20)16-7-11(12,13)14/h8-9,15-16H,3-7H2,1-2H3,(H,17,18). The Morgan fingerprint density at radius 2 is 1.76 bits per heavy atom. The van der Waals surface area contributed by atoms with Gasteiger partial charge in [-0.15, -0.1) is 0 Å². The van der Waals surface area contributed by atoms with Crippen LogP contribution >= 0.6 is 0 Å². The Balaban J connectivity index is 4.21. The normalized spacial score (nSPS) is 14.4. The summed E-state index contributed by atoms with van der Waals surface area (Å²) in [6.07, 6.45) is -3.89. The lowest BCUT2D eigenvalue weighted by atomic mass is 9.88. The number of carbonyl (C=O) groups is 1. The van der Waals surface area contributed by atoms with Crippen molar-refractivity contribution in [3.8, 4) is 0 Å². The molecule has 126 valence electrons. The first kappa shape index (κ1) is 20.1. The summed E-state index contributed by atoms with van der Waals surface area (Å²) in [5.74, 6) is -0.809. The molecule has 0 aromatic heterocycles. The molecule has 0 radical (unpaired) electrons. The summed E-state index contributed by atoms with van der Waals surface area (Å²) in [5, 5.41) is 8.62. The zero-order valence-electron chi connectivity index (χ0n) is 11.9. The lowest BCUT2D eigenvalue weighted by Crippen LogP contribution is -2.42. The Morgan fingerprint density at radius 3 is 2.19 bits per heavy atom. The average Bonchev–Trinajstić information content (AvgIpc) is 2.29. The Bertz CT molecular complexity index is 424. The first-order valence-corrected chi connectivity index (χ1v) is 7.94. The highest BCUT2D eigenvalue weighted by atomic mass is 32.2. The molecule has 6 nitrogen and oxygen atoms in total. The van der Waals surface area contributed by atoms with Crippen LogP contribution in [0.15, 0.2) is 0 Å². The van der Waals surface area contributed by atoms with Gasteiger partial charge >= 0.3 is 12.1 Å². The Kier molecular flexibility index (Phi) is 8.19. The molecule has 0 aliphatic carbocycles. The maximum Gasteiger partial charge on any atom is 0.402 e. The number of hydrogen-bond donors (Lipinski definition) is 3. The molecule has 0 aromatic rings. The maximum absolute atomic E-state index is 11.9.